The lowest BCUT2D eigenvalue weighted by Gasteiger charge is -2.27. The summed E-state index contributed by atoms with van der Waals surface area (Å²) < 4.78 is 0. The second kappa shape index (κ2) is 13.5. The summed E-state index contributed by atoms with van der Waals surface area (Å²) in [5, 5.41) is 35.8. The number of amides is 3. The fraction of sp³-hybridized carbons (Fsp3) is 0.545. The first-order valence-corrected chi connectivity index (χ1v) is 10.7. The van der Waals surface area contributed by atoms with Crippen LogP contribution >= 0.6 is 0 Å². The molecule has 0 bridgehead atoms. The molecule has 8 N–H and O–H groups in total. The number of carboxylic acid groups (broad SMARTS) is 1. The molecule has 0 fully saturated rings. The van der Waals surface area contributed by atoms with Crippen molar-refractivity contribution in [1.82, 2.24) is 16.0 Å². The van der Waals surface area contributed by atoms with Gasteiger partial charge in [-0.15, -0.1) is 0 Å². The maximum Gasteiger partial charge on any atom is 0.326 e. The lowest BCUT2D eigenvalue weighted by Crippen LogP contribution is -2.60. The maximum atomic E-state index is 12.8. The van der Waals surface area contributed by atoms with Gasteiger partial charge in [0.05, 0.1) is 12.7 Å². The van der Waals surface area contributed by atoms with Gasteiger partial charge in [-0.05, 0) is 18.4 Å². The fourth-order valence-electron chi connectivity index (χ4n) is 2.95. The first kappa shape index (κ1) is 28.0. The number of aliphatic hydroxyl groups is 2. The van der Waals surface area contributed by atoms with Gasteiger partial charge in [0.1, 0.15) is 24.2 Å². The molecule has 0 saturated heterocycles. The van der Waals surface area contributed by atoms with Gasteiger partial charge < -0.3 is 37.0 Å². The van der Waals surface area contributed by atoms with Crippen molar-refractivity contribution in [2.45, 2.75) is 63.9 Å². The van der Waals surface area contributed by atoms with Crippen LogP contribution in [0.2, 0.25) is 0 Å². The molecule has 0 spiro atoms. The molecule has 11 nitrogen and oxygen atoms in total. The van der Waals surface area contributed by atoms with E-state index in [-0.39, 0.29) is 12.3 Å². The largest absolute Gasteiger partial charge is 0.480 e. The smallest absolute Gasteiger partial charge is 0.326 e. The minimum atomic E-state index is -1.44. The topological polar surface area (TPSA) is 191 Å². The van der Waals surface area contributed by atoms with E-state index in [0.29, 0.717) is 12.0 Å². The summed E-state index contributed by atoms with van der Waals surface area (Å²) in [4.78, 5) is 49.3. The Morgan fingerprint density at radius 3 is 2.00 bits per heavy atom. The van der Waals surface area contributed by atoms with Crippen LogP contribution in [0, 0.1) is 5.92 Å². The summed E-state index contributed by atoms with van der Waals surface area (Å²) in [6, 6.07) is 3.61. The third-order valence-corrected chi connectivity index (χ3v) is 5.33. The molecule has 0 aromatic heterocycles. The Balaban J connectivity index is 2.90. The molecule has 1 aromatic rings. The fourth-order valence-corrected chi connectivity index (χ4v) is 2.95. The van der Waals surface area contributed by atoms with Crippen LogP contribution in [-0.2, 0) is 25.6 Å². The number of nitrogens with one attached hydrogen (secondary N) is 3. The summed E-state index contributed by atoms with van der Waals surface area (Å²) in [5.41, 5.74) is 6.30. The second-order valence-corrected chi connectivity index (χ2v) is 7.97. The van der Waals surface area contributed by atoms with Gasteiger partial charge in [0.2, 0.25) is 17.7 Å². The van der Waals surface area contributed by atoms with Gasteiger partial charge >= 0.3 is 5.97 Å². The van der Waals surface area contributed by atoms with E-state index in [9.17, 15) is 34.5 Å². The van der Waals surface area contributed by atoms with Crippen LogP contribution in [0.25, 0.3) is 0 Å². The number of carboxylic acids is 1. The molecule has 0 aliphatic heterocycles. The number of carbonyl (C=O) groups is 4. The van der Waals surface area contributed by atoms with E-state index in [1.807, 2.05) is 0 Å². The van der Waals surface area contributed by atoms with Crippen molar-refractivity contribution < 1.29 is 34.5 Å². The van der Waals surface area contributed by atoms with Gasteiger partial charge in [-0.2, -0.15) is 0 Å². The van der Waals surface area contributed by atoms with Crippen molar-refractivity contribution in [1.29, 1.82) is 0 Å². The highest BCUT2D eigenvalue weighted by molar-refractivity contribution is 5.94. The summed E-state index contributed by atoms with van der Waals surface area (Å²) in [6.07, 6.45) is -0.632. The molecule has 0 aliphatic carbocycles. The third-order valence-electron chi connectivity index (χ3n) is 5.33. The SMILES string of the molecule is CCC(C)C(NC(=O)C(N)C(C)O)C(=O)NC(CO)C(=O)NC(Cc1ccccc1)C(=O)O. The predicted molar refractivity (Wildman–Crippen MR) is 120 cm³/mol. The Bertz CT molecular complexity index is 803. The van der Waals surface area contributed by atoms with Gasteiger partial charge in [0.25, 0.3) is 0 Å². The van der Waals surface area contributed by atoms with Crippen molar-refractivity contribution in [3.8, 4) is 0 Å². The third kappa shape index (κ3) is 8.79. The van der Waals surface area contributed by atoms with E-state index in [1.165, 1.54) is 6.92 Å². The Labute approximate surface area is 192 Å². The quantitative estimate of drug-likeness (QED) is 0.183. The number of rotatable bonds is 13. The van der Waals surface area contributed by atoms with E-state index < -0.39 is 60.6 Å². The average molecular weight is 467 g/mol. The Morgan fingerprint density at radius 2 is 1.52 bits per heavy atom. The minimum Gasteiger partial charge on any atom is -0.480 e. The van der Waals surface area contributed by atoms with Crippen LogP contribution in [0.3, 0.4) is 0 Å². The Kier molecular flexibility index (Phi) is 11.5. The van der Waals surface area contributed by atoms with E-state index in [2.05, 4.69) is 16.0 Å². The van der Waals surface area contributed by atoms with Crippen molar-refractivity contribution >= 4 is 23.7 Å². The van der Waals surface area contributed by atoms with Crippen LogP contribution in [0.4, 0.5) is 0 Å². The zero-order valence-electron chi connectivity index (χ0n) is 19.0. The number of aliphatic hydroxyl groups excluding tert-OH is 2. The summed E-state index contributed by atoms with van der Waals surface area (Å²) in [5.74, 6) is -4.01. The minimum absolute atomic E-state index is 0.0107. The molecule has 0 aliphatic rings. The number of carbonyl (C=O) groups excluding carboxylic acids is 3. The second-order valence-electron chi connectivity index (χ2n) is 7.97. The van der Waals surface area contributed by atoms with Gasteiger partial charge in [0, 0.05) is 6.42 Å². The monoisotopic (exact) mass is 466 g/mol. The first-order valence-electron chi connectivity index (χ1n) is 10.7. The van der Waals surface area contributed by atoms with E-state index in [1.54, 1.807) is 44.2 Å². The molecule has 184 valence electrons. The lowest BCUT2D eigenvalue weighted by molar-refractivity contribution is -0.142. The molecule has 1 rings (SSSR count). The standard InChI is InChI=1S/C22H34N4O7/c1-4-12(2)18(26-20(30)17(23)13(3)28)21(31)25-16(11-27)19(29)24-15(22(32)33)10-14-8-6-5-7-9-14/h5-9,12-13,15-18,27-28H,4,10-11,23H2,1-3H3,(H,24,29)(H,25,31)(H,26,30)(H,32,33). The predicted octanol–water partition coefficient (Wildman–Crippen LogP) is -1.49. The van der Waals surface area contributed by atoms with E-state index in [4.69, 9.17) is 5.73 Å². The molecule has 0 heterocycles. The first-order chi connectivity index (χ1) is 15.5. The number of nitrogens with two attached hydrogens (primary N) is 1. The molecule has 0 saturated carbocycles. The molecule has 3 amide bonds. The maximum absolute atomic E-state index is 12.8. The molecule has 6 unspecified atom stereocenters. The zero-order valence-corrected chi connectivity index (χ0v) is 19.0. The zero-order chi connectivity index (χ0) is 25.1. The summed E-state index contributed by atoms with van der Waals surface area (Å²) >= 11 is 0. The average Bonchev–Trinajstić information content (AvgIpc) is 2.79. The molecular formula is C22H34N4O7. The van der Waals surface area contributed by atoms with Crippen molar-refractivity contribution in [3.05, 3.63) is 35.9 Å². The van der Waals surface area contributed by atoms with Gasteiger partial charge in [-0.1, -0.05) is 50.6 Å². The highest BCUT2D eigenvalue weighted by Gasteiger charge is 2.32. The van der Waals surface area contributed by atoms with Crippen molar-refractivity contribution in [3.63, 3.8) is 0 Å². The molecule has 1 aromatic carbocycles. The number of aliphatic carboxylic acids is 1. The van der Waals surface area contributed by atoms with Gasteiger partial charge in [0.15, 0.2) is 0 Å². The van der Waals surface area contributed by atoms with Crippen LogP contribution in [0.5, 0.6) is 0 Å². The van der Waals surface area contributed by atoms with E-state index >= 15 is 0 Å². The Hall–Kier alpha value is -3.02. The van der Waals surface area contributed by atoms with Crippen LogP contribution in [0.15, 0.2) is 30.3 Å². The van der Waals surface area contributed by atoms with E-state index in [0.717, 1.165) is 0 Å². The molecule has 0 radical (unpaired) electrons. The van der Waals surface area contributed by atoms with Crippen LogP contribution in [-0.4, -0.2) is 75.9 Å². The van der Waals surface area contributed by atoms with Crippen molar-refractivity contribution in [2.24, 2.45) is 11.7 Å². The molecule has 6 atom stereocenters. The Morgan fingerprint density at radius 1 is 0.939 bits per heavy atom. The highest BCUT2D eigenvalue weighted by atomic mass is 16.4. The molecular weight excluding hydrogens is 432 g/mol. The lowest BCUT2D eigenvalue weighted by atomic mass is 9.97. The van der Waals surface area contributed by atoms with Gasteiger partial charge in [-0.3, -0.25) is 14.4 Å². The number of hydrogen-bond donors (Lipinski definition) is 7. The highest BCUT2D eigenvalue weighted by Crippen LogP contribution is 2.09. The van der Waals surface area contributed by atoms with Crippen LogP contribution < -0.4 is 21.7 Å². The molecule has 33 heavy (non-hydrogen) atoms. The molecule has 11 heteroatoms. The normalized spacial score (nSPS) is 16.4. The summed E-state index contributed by atoms with van der Waals surface area (Å²) in [6.45, 7) is 4.04. The number of hydrogen-bond acceptors (Lipinski definition) is 7. The van der Waals surface area contributed by atoms with Gasteiger partial charge in [-0.25, -0.2) is 4.79 Å². The number of benzene rings is 1. The summed E-state index contributed by atoms with van der Waals surface area (Å²) in [7, 11) is 0. The van der Waals surface area contributed by atoms with Crippen molar-refractivity contribution in [2.75, 3.05) is 6.61 Å². The van der Waals surface area contributed by atoms with Crippen LogP contribution in [0.1, 0.15) is 32.8 Å².